The third kappa shape index (κ3) is 2.20. The van der Waals surface area contributed by atoms with E-state index in [0.29, 0.717) is 5.92 Å². The van der Waals surface area contributed by atoms with E-state index in [9.17, 15) is 5.11 Å². The van der Waals surface area contributed by atoms with Crippen molar-refractivity contribution < 1.29 is 5.11 Å². The molecule has 2 nitrogen and oxygen atoms in total. The summed E-state index contributed by atoms with van der Waals surface area (Å²) in [5, 5.41) is 10.6. The number of nitrogens with zero attached hydrogens (tertiary/aromatic N) is 1. The van der Waals surface area contributed by atoms with Crippen LogP contribution in [-0.4, -0.2) is 15.7 Å². The minimum atomic E-state index is -0.474. The number of pyridine rings is 1. The molecule has 0 bridgehead atoms. The maximum atomic E-state index is 10.6. The van der Waals surface area contributed by atoms with Crippen molar-refractivity contribution in [3.63, 3.8) is 0 Å². The second-order valence-corrected chi connectivity index (χ2v) is 4.64. The number of hydrogen-bond acceptors (Lipinski definition) is 2. The van der Waals surface area contributed by atoms with Gasteiger partial charge in [0.25, 0.3) is 0 Å². The summed E-state index contributed by atoms with van der Waals surface area (Å²) < 4.78 is 0. The van der Waals surface area contributed by atoms with E-state index in [-0.39, 0.29) is 0 Å². The molecule has 2 rings (SSSR count). The van der Waals surface area contributed by atoms with Crippen LogP contribution >= 0.6 is 0 Å². The number of aromatic nitrogens is 1. The lowest BCUT2D eigenvalue weighted by molar-refractivity contribution is 0.00140. The molecule has 0 saturated heterocycles. The highest BCUT2D eigenvalue weighted by atomic mass is 16.3. The summed E-state index contributed by atoms with van der Waals surface area (Å²) in [7, 11) is 0. The molecule has 15 heavy (non-hydrogen) atoms. The van der Waals surface area contributed by atoms with Gasteiger partial charge < -0.3 is 5.11 Å². The summed E-state index contributed by atoms with van der Waals surface area (Å²) in [6.45, 7) is 2.17. The van der Waals surface area contributed by atoms with Crippen LogP contribution in [0.4, 0.5) is 0 Å². The zero-order valence-corrected chi connectivity index (χ0v) is 9.32. The van der Waals surface area contributed by atoms with Gasteiger partial charge in [0.05, 0.1) is 5.60 Å². The van der Waals surface area contributed by atoms with E-state index >= 15 is 0 Å². The lowest BCUT2D eigenvalue weighted by Crippen LogP contribution is -2.35. The first-order valence-electron chi connectivity index (χ1n) is 5.86. The highest BCUT2D eigenvalue weighted by Gasteiger charge is 2.39. The standard InChI is InChI=1S/C13H19NO/c1-2-12-6-3-7-13(12,15)9-11-5-4-8-14-10-11/h4-5,8,10,12,15H,2-3,6-7,9H2,1H3. The molecule has 1 aliphatic carbocycles. The van der Waals surface area contributed by atoms with Gasteiger partial charge in [-0.05, 0) is 30.4 Å². The second kappa shape index (κ2) is 4.31. The van der Waals surface area contributed by atoms with Crippen LogP contribution in [0.2, 0.25) is 0 Å². The van der Waals surface area contributed by atoms with Crippen molar-refractivity contribution in [2.24, 2.45) is 5.92 Å². The SMILES string of the molecule is CCC1CCCC1(O)Cc1cccnc1. The molecule has 0 aliphatic heterocycles. The average molecular weight is 205 g/mol. The van der Waals surface area contributed by atoms with Crippen LogP contribution in [-0.2, 0) is 6.42 Å². The highest BCUT2D eigenvalue weighted by molar-refractivity contribution is 5.13. The van der Waals surface area contributed by atoms with Crippen LogP contribution in [0.3, 0.4) is 0 Å². The zero-order chi connectivity index (χ0) is 10.7. The summed E-state index contributed by atoms with van der Waals surface area (Å²) in [5.74, 6) is 0.470. The fourth-order valence-electron chi connectivity index (χ4n) is 2.80. The number of aliphatic hydroxyl groups is 1. The van der Waals surface area contributed by atoms with Crippen LogP contribution < -0.4 is 0 Å². The van der Waals surface area contributed by atoms with Crippen molar-refractivity contribution in [2.75, 3.05) is 0 Å². The molecule has 0 spiro atoms. The molecule has 1 heterocycles. The first-order chi connectivity index (χ1) is 7.24. The number of hydrogen-bond donors (Lipinski definition) is 1. The van der Waals surface area contributed by atoms with Gasteiger partial charge in [-0.2, -0.15) is 0 Å². The first kappa shape index (κ1) is 10.6. The molecular formula is C13H19NO. The Hall–Kier alpha value is -0.890. The molecule has 0 aromatic carbocycles. The third-order valence-corrected chi connectivity index (χ3v) is 3.65. The van der Waals surface area contributed by atoms with Gasteiger partial charge in [0.1, 0.15) is 0 Å². The van der Waals surface area contributed by atoms with Crippen molar-refractivity contribution in [3.05, 3.63) is 30.1 Å². The molecule has 2 heteroatoms. The van der Waals surface area contributed by atoms with Crippen molar-refractivity contribution in [1.82, 2.24) is 4.98 Å². The minimum absolute atomic E-state index is 0.470. The Morgan fingerprint density at radius 1 is 1.60 bits per heavy atom. The lowest BCUT2D eigenvalue weighted by atomic mass is 9.84. The van der Waals surface area contributed by atoms with E-state index in [1.165, 1.54) is 6.42 Å². The van der Waals surface area contributed by atoms with Crippen LogP contribution in [0, 0.1) is 5.92 Å². The van der Waals surface area contributed by atoms with Gasteiger partial charge in [-0.15, -0.1) is 0 Å². The maximum Gasteiger partial charge on any atom is 0.0716 e. The largest absolute Gasteiger partial charge is 0.389 e. The molecule has 1 aliphatic rings. The molecule has 1 aromatic heterocycles. The predicted octanol–water partition coefficient (Wildman–Crippen LogP) is 2.57. The third-order valence-electron chi connectivity index (χ3n) is 3.65. The Morgan fingerprint density at radius 2 is 2.47 bits per heavy atom. The molecule has 1 aromatic rings. The van der Waals surface area contributed by atoms with Gasteiger partial charge in [0.2, 0.25) is 0 Å². The van der Waals surface area contributed by atoms with Gasteiger partial charge in [0, 0.05) is 18.8 Å². The molecule has 1 saturated carbocycles. The Kier molecular flexibility index (Phi) is 3.06. The molecule has 2 unspecified atom stereocenters. The Balaban J connectivity index is 2.10. The lowest BCUT2D eigenvalue weighted by Gasteiger charge is -2.29. The van der Waals surface area contributed by atoms with Crippen LogP contribution in [0.1, 0.15) is 38.2 Å². The summed E-state index contributed by atoms with van der Waals surface area (Å²) in [6, 6.07) is 3.99. The summed E-state index contributed by atoms with van der Waals surface area (Å²) >= 11 is 0. The zero-order valence-electron chi connectivity index (χ0n) is 9.32. The fraction of sp³-hybridized carbons (Fsp3) is 0.615. The van der Waals surface area contributed by atoms with E-state index in [1.807, 2.05) is 12.3 Å². The topological polar surface area (TPSA) is 33.1 Å². The van der Waals surface area contributed by atoms with Crippen molar-refractivity contribution in [2.45, 2.75) is 44.6 Å². The van der Waals surface area contributed by atoms with Crippen molar-refractivity contribution >= 4 is 0 Å². The average Bonchev–Trinajstić information content (AvgIpc) is 2.60. The molecule has 2 atom stereocenters. The van der Waals surface area contributed by atoms with Gasteiger partial charge in [-0.25, -0.2) is 0 Å². The van der Waals surface area contributed by atoms with Crippen molar-refractivity contribution in [3.8, 4) is 0 Å². The number of rotatable bonds is 3. The van der Waals surface area contributed by atoms with Crippen LogP contribution in [0.25, 0.3) is 0 Å². The molecule has 82 valence electrons. The van der Waals surface area contributed by atoms with Crippen LogP contribution in [0.5, 0.6) is 0 Å². The van der Waals surface area contributed by atoms with Gasteiger partial charge in [0.15, 0.2) is 0 Å². The Bertz CT molecular complexity index is 312. The summed E-state index contributed by atoms with van der Waals surface area (Å²) in [5.41, 5.74) is 0.679. The smallest absolute Gasteiger partial charge is 0.0716 e. The Morgan fingerprint density at radius 3 is 3.13 bits per heavy atom. The molecule has 1 fully saturated rings. The van der Waals surface area contributed by atoms with E-state index in [1.54, 1.807) is 6.20 Å². The summed E-state index contributed by atoms with van der Waals surface area (Å²) in [4.78, 5) is 4.10. The molecule has 0 amide bonds. The van der Waals surface area contributed by atoms with Gasteiger partial charge >= 0.3 is 0 Å². The maximum absolute atomic E-state index is 10.6. The predicted molar refractivity (Wildman–Crippen MR) is 60.5 cm³/mol. The van der Waals surface area contributed by atoms with E-state index in [2.05, 4.69) is 18.0 Å². The van der Waals surface area contributed by atoms with E-state index in [0.717, 1.165) is 31.2 Å². The molecule has 0 radical (unpaired) electrons. The Labute approximate surface area is 91.4 Å². The quantitative estimate of drug-likeness (QED) is 0.822. The van der Waals surface area contributed by atoms with Gasteiger partial charge in [-0.1, -0.05) is 25.8 Å². The minimum Gasteiger partial charge on any atom is -0.389 e. The molecule has 1 N–H and O–H groups in total. The fourth-order valence-corrected chi connectivity index (χ4v) is 2.80. The van der Waals surface area contributed by atoms with Crippen LogP contribution in [0.15, 0.2) is 24.5 Å². The monoisotopic (exact) mass is 205 g/mol. The molecular weight excluding hydrogens is 186 g/mol. The van der Waals surface area contributed by atoms with E-state index < -0.39 is 5.60 Å². The second-order valence-electron chi connectivity index (χ2n) is 4.64. The highest BCUT2D eigenvalue weighted by Crippen LogP contribution is 2.39. The van der Waals surface area contributed by atoms with Gasteiger partial charge in [-0.3, -0.25) is 4.98 Å². The van der Waals surface area contributed by atoms with E-state index in [4.69, 9.17) is 0 Å². The summed E-state index contributed by atoms with van der Waals surface area (Å²) in [6.07, 6.45) is 8.77. The van der Waals surface area contributed by atoms with Crippen molar-refractivity contribution in [1.29, 1.82) is 0 Å². The normalized spacial score (nSPS) is 30.7. The first-order valence-corrected chi connectivity index (χ1v) is 5.86.